The molecule has 3 unspecified atom stereocenters. The third-order valence-electron chi connectivity index (χ3n) is 8.49. The van der Waals surface area contributed by atoms with E-state index in [-0.39, 0.29) is 30.6 Å². The highest BCUT2D eigenvalue weighted by Gasteiger charge is 2.32. The summed E-state index contributed by atoms with van der Waals surface area (Å²) in [5.74, 6) is 0.411. The van der Waals surface area contributed by atoms with Crippen molar-refractivity contribution in [1.82, 2.24) is 25.5 Å². The molecule has 3 atom stereocenters. The number of thioether (sulfide) groups is 1. The second-order valence-electron chi connectivity index (χ2n) is 12.2. The van der Waals surface area contributed by atoms with Crippen LogP contribution in [0, 0.1) is 0 Å². The molecule has 6 rings (SSSR count). The van der Waals surface area contributed by atoms with Gasteiger partial charge in [0.15, 0.2) is 6.29 Å². The molecule has 0 saturated carbocycles. The molecule has 2 heterocycles. The minimum Gasteiger partial charge on any atom is -0.397 e. The number of hydrogen-bond donors (Lipinski definition) is 4. The Morgan fingerprint density at radius 1 is 0.843 bits per heavy atom. The number of rotatable bonds is 15. The number of tetrazole rings is 1. The van der Waals surface area contributed by atoms with Crippen LogP contribution in [0.25, 0.3) is 5.69 Å². The summed E-state index contributed by atoms with van der Waals surface area (Å²) in [6.07, 6.45) is 1.46. The van der Waals surface area contributed by atoms with Crippen LogP contribution in [-0.2, 0) is 32.2 Å². The number of aromatic nitrogens is 4. The maximum absolute atomic E-state index is 12.5. The predicted molar refractivity (Wildman–Crippen MR) is 195 cm³/mol. The van der Waals surface area contributed by atoms with Gasteiger partial charge in [-0.2, -0.15) is 4.68 Å². The summed E-state index contributed by atoms with van der Waals surface area (Å²) < 4.78 is 14.7. The van der Waals surface area contributed by atoms with Crippen molar-refractivity contribution in [3.05, 3.63) is 125 Å². The number of amides is 2. The predicted octanol–water partition coefficient (Wildman–Crippen LogP) is 5.89. The highest BCUT2D eigenvalue weighted by atomic mass is 32.2. The average Bonchev–Trinajstić information content (AvgIpc) is 3.65. The molecule has 1 saturated heterocycles. The highest BCUT2D eigenvalue weighted by Crippen LogP contribution is 2.39. The van der Waals surface area contributed by atoms with Gasteiger partial charge in [0.1, 0.15) is 0 Å². The van der Waals surface area contributed by atoms with Crippen molar-refractivity contribution in [2.45, 2.75) is 68.9 Å². The summed E-state index contributed by atoms with van der Waals surface area (Å²) in [7, 11) is 0. The molecule has 5 N–H and O–H groups in total. The van der Waals surface area contributed by atoms with E-state index in [2.05, 4.69) is 26.2 Å². The van der Waals surface area contributed by atoms with E-state index in [4.69, 9.17) is 15.2 Å². The summed E-state index contributed by atoms with van der Waals surface area (Å²) in [5, 5.41) is 28.3. The molecule has 5 aromatic rings. The highest BCUT2D eigenvalue weighted by molar-refractivity contribution is 7.99. The lowest BCUT2D eigenvalue weighted by molar-refractivity contribution is -0.245. The Morgan fingerprint density at radius 3 is 2.27 bits per heavy atom. The van der Waals surface area contributed by atoms with Crippen molar-refractivity contribution in [2.75, 3.05) is 16.8 Å². The lowest BCUT2D eigenvalue weighted by Gasteiger charge is -2.36. The van der Waals surface area contributed by atoms with Gasteiger partial charge < -0.3 is 30.9 Å². The quantitative estimate of drug-likeness (QED) is 0.0586. The molecule has 51 heavy (non-hydrogen) atoms. The number of unbranched alkanes of at least 4 members (excludes halogenated alkanes) is 1. The number of carbonyl (C=O) groups is 2. The van der Waals surface area contributed by atoms with E-state index < -0.39 is 6.29 Å². The first-order valence-electron chi connectivity index (χ1n) is 16.9. The number of para-hydroxylation sites is 3. The fraction of sp³-hybridized carbons (Fsp3) is 0.289. The van der Waals surface area contributed by atoms with Crippen molar-refractivity contribution >= 4 is 35.0 Å². The number of benzene rings is 4. The van der Waals surface area contributed by atoms with Gasteiger partial charge in [-0.15, -0.1) is 5.10 Å². The molecule has 0 radical (unpaired) electrons. The van der Waals surface area contributed by atoms with E-state index >= 15 is 0 Å². The molecule has 0 aliphatic carbocycles. The minimum atomic E-state index is -0.615. The number of nitrogen functional groups attached to an aromatic ring is 1. The summed E-state index contributed by atoms with van der Waals surface area (Å²) in [6.45, 7) is 0.360. The van der Waals surface area contributed by atoms with E-state index in [1.165, 1.54) is 11.8 Å². The van der Waals surface area contributed by atoms with Crippen LogP contribution in [0.3, 0.4) is 0 Å². The van der Waals surface area contributed by atoms with Crippen molar-refractivity contribution in [3.8, 4) is 5.69 Å². The molecule has 0 bridgehead atoms. The van der Waals surface area contributed by atoms with Crippen LogP contribution in [-0.4, -0.2) is 49.0 Å². The van der Waals surface area contributed by atoms with Gasteiger partial charge in [-0.1, -0.05) is 90.6 Å². The molecule has 1 aliphatic heterocycles. The molecule has 13 heteroatoms. The van der Waals surface area contributed by atoms with E-state index in [0.717, 1.165) is 27.9 Å². The molecular weight excluding hydrogens is 667 g/mol. The van der Waals surface area contributed by atoms with Crippen LogP contribution in [0.15, 0.2) is 108 Å². The molecule has 12 nitrogen and oxygen atoms in total. The Hall–Kier alpha value is -5.08. The van der Waals surface area contributed by atoms with Crippen LogP contribution in [0.4, 0.5) is 11.4 Å². The summed E-state index contributed by atoms with van der Waals surface area (Å²) >= 11 is 1.52. The smallest absolute Gasteiger partial charge is 0.224 e. The van der Waals surface area contributed by atoms with Crippen molar-refractivity contribution in [1.29, 1.82) is 0 Å². The SMILES string of the molecule is Nc1ccccc1NC(=O)CCCCC(=O)NCc1ccc(C2OC(CSc3nnnn3-c3ccccc3)CC(c3ccc(CO)cc3)O2)cc1. The summed E-state index contributed by atoms with van der Waals surface area (Å²) in [5.41, 5.74) is 11.5. The number of nitrogens with two attached hydrogens (primary N) is 1. The van der Waals surface area contributed by atoms with Gasteiger partial charge in [0.2, 0.25) is 17.0 Å². The number of aliphatic hydroxyl groups excluding tert-OH is 1. The van der Waals surface area contributed by atoms with Gasteiger partial charge in [0.25, 0.3) is 0 Å². The first kappa shape index (κ1) is 35.7. The summed E-state index contributed by atoms with van der Waals surface area (Å²) in [4.78, 5) is 24.7. The first-order chi connectivity index (χ1) is 24.9. The second kappa shape index (κ2) is 17.7. The zero-order chi connectivity index (χ0) is 35.4. The topological polar surface area (TPSA) is 167 Å². The monoisotopic (exact) mass is 707 g/mol. The number of nitrogens with zero attached hydrogens (tertiary/aromatic N) is 4. The van der Waals surface area contributed by atoms with Crippen molar-refractivity contribution < 1.29 is 24.2 Å². The Morgan fingerprint density at radius 2 is 1.53 bits per heavy atom. The number of nitrogens with one attached hydrogen (secondary N) is 2. The third kappa shape index (κ3) is 10.0. The second-order valence-corrected chi connectivity index (χ2v) is 13.2. The number of carbonyl (C=O) groups excluding carboxylic acids is 2. The molecule has 2 amide bonds. The van der Waals surface area contributed by atoms with Gasteiger partial charge >= 0.3 is 0 Å². The zero-order valence-electron chi connectivity index (χ0n) is 28.1. The Kier molecular flexibility index (Phi) is 12.4. The zero-order valence-corrected chi connectivity index (χ0v) is 28.9. The number of ether oxygens (including phenoxy) is 2. The Balaban J connectivity index is 1.02. The van der Waals surface area contributed by atoms with Gasteiger partial charge in [-0.3, -0.25) is 9.59 Å². The van der Waals surface area contributed by atoms with Crippen molar-refractivity contribution in [3.63, 3.8) is 0 Å². The van der Waals surface area contributed by atoms with Crippen LogP contribution in [0.2, 0.25) is 0 Å². The van der Waals surface area contributed by atoms with E-state index in [9.17, 15) is 14.7 Å². The fourth-order valence-electron chi connectivity index (χ4n) is 5.67. The fourth-order valence-corrected chi connectivity index (χ4v) is 6.57. The van der Waals surface area contributed by atoms with E-state index in [1.54, 1.807) is 16.8 Å². The summed E-state index contributed by atoms with van der Waals surface area (Å²) in [6, 6.07) is 32.5. The molecule has 1 aliphatic rings. The Bertz CT molecular complexity index is 1870. The molecular formula is C38H41N7O5S. The number of aliphatic hydroxyl groups is 1. The van der Waals surface area contributed by atoms with Gasteiger partial charge in [0.05, 0.1) is 35.9 Å². The number of anilines is 2. The molecule has 4 aromatic carbocycles. The number of hydrogen-bond acceptors (Lipinski definition) is 10. The van der Waals surface area contributed by atoms with Crippen molar-refractivity contribution in [2.24, 2.45) is 0 Å². The van der Waals surface area contributed by atoms with Gasteiger partial charge in [0, 0.05) is 37.1 Å². The van der Waals surface area contributed by atoms with Gasteiger partial charge in [-0.25, -0.2) is 0 Å². The minimum absolute atomic E-state index is 0.0239. The van der Waals surface area contributed by atoms with Gasteiger partial charge in [-0.05, 0) is 64.2 Å². The first-order valence-corrected chi connectivity index (χ1v) is 17.9. The lowest BCUT2D eigenvalue weighted by atomic mass is 10.0. The molecule has 0 spiro atoms. The van der Waals surface area contributed by atoms with Crippen LogP contribution in [0.1, 0.15) is 66.8 Å². The normalized spacial score (nSPS) is 17.2. The molecule has 1 aromatic heterocycles. The third-order valence-corrected chi connectivity index (χ3v) is 9.54. The van der Waals surface area contributed by atoms with Crippen LogP contribution >= 0.6 is 11.8 Å². The maximum Gasteiger partial charge on any atom is 0.224 e. The van der Waals surface area contributed by atoms with Crippen LogP contribution in [0.5, 0.6) is 0 Å². The lowest BCUT2D eigenvalue weighted by Crippen LogP contribution is -2.31. The standard InChI is InChI=1S/C38H41N7O5S/c39-32-10-4-5-11-33(32)41-36(48)13-7-6-12-35(47)40-23-26-14-20-29(21-15-26)37-49-31(22-34(50-37)28-18-16-27(24-46)17-19-28)25-51-38-42-43-44-45(38)30-8-2-1-3-9-30/h1-5,8-11,14-21,31,34,37,46H,6-7,12-13,22-25,39H2,(H,40,47)(H,41,48). The van der Waals surface area contributed by atoms with Crippen LogP contribution < -0.4 is 16.4 Å². The molecule has 264 valence electrons. The molecule has 1 fully saturated rings. The van der Waals surface area contributed by atoms with E-state index in [1.807, 2.05) is 91.0 Å². The largest absolute Gasteiger partial charge is 0.397 e. The Labute approximate surface area is 300 Å². The average molecular weight is 708 g/mol. The van der Waals surface area contributed by atoms with E-state index in [0.29, 0.717) is 60.9 Å². The maximum atomic E-state index is 12.5.